The van der Waals surface area contributed by atoms with E-state index < -0.39 is 5.97 Å². The third-order valence-corrected chi connectivity index (χ3v) is 3.19. The molecule has 0 bridgehead atoms. The molecule has 5 nitrogen and oxygen atoms in total. The van der Waals surface area contributed by atoms with Crippen molar-refractivity contribution in [1.82, 2.24) is 14.7 Å². The van der Waals surface area contributed by atoms with Gasteiger partial charge in [-0.05, 0) is 26.5 Å². The summed E-state index contributed by atoms with van der Waals surface area (Å²) in [5.74, 6) is -0.756. The van der Waals surface area contributed by atoms with Crippen molar-refractivity contribution in [2.45, 2.75) is 39.3 Å². The van der Waals surface area contributed by atoms with Gasteiger partial charge in [-0.25, -0.2) is 0 Å². The van der Waals surface area contributed by atoms with Crippen LogP contribution in [-0.2, 0) is 11.8 Å². The van der Waals surface area contributed by atoms with Crippen molar-refractivity contribution < 1.29 is 9.90 Å². The van der Waals surface area contributed by atoms with Gasteiger partial charge in [-0.15, -0.1) is 0 Å². The smallest absolute Gasteiger partial charge is 0.304 e. The van der Waals surface area contributed by atoms with Gasteiger partial charge in [-0.1, -0.05) is 6.92 Å². The van der Waals surface area contributed by atoms with Gasteiger partial charge in [0.1, 0.15) is 0 Å². The zero-order valence-electron chi connectivity index (χ0n) is 10.9. The molecule has 1 aromatic rings. The average Bonchev–Trinajstić information content (AvgIpc) is 2.64. The number of aliphatic carboxylic acids is 1. The first-order valence-electron chi connectivity index (χ1n) is 5.92. The maximum Gasteiger partial charge on any atom is 0.304 e. The minimum absolute atomic E-state index is 0.0161. The van der Waals surface area contributed by atoms with Crippen LogP contribution >= 0.6 is 0 Å². The van der Waals surface area contributed by atoms with E-state index in [4.69, 9.17) is 5.11 Å². The van der Waals surface area contributed by atoms with E-state index in [-0.39, 0.29) is 18.5 Å². The molecule has 0 amide bonds. The number of aryl methyl sites for hydroxylation is 1. The van der Waals surface area contributed by atoms with Gasteiger partial charge >= 0.3 is 5.97 Å². The predicted octanol–water partition coefficient (Wildman–Crippen LogP) is 1.67. The molecule has 0 aliphatic carbocycles. The second kappa shape index (κ2) is 5.82. The molecule has 2 unspecified atom stereocenters. The van der Waals surface area contributed by atoms with Gasteiger partial charge in [0.15, 0.2) is 0 Å². The summed E-state index contributed by atoms with van der Waals surface area (Å²) in [5, 5.41) is 13.0. The number of nitrogens with zero attached hydrogens (tertiary/aromatic N) is 3. The van der Waals surface area contributed by atoms with Gasteiger partial charge in [-0.2, -0.15) is 5.10 Å². The monoisotopic (exact) mass is 239 g/mol. The Morgan fingerprint density at radius 3 is 2.65 bits per heavy atom. The van der Waals surface area contributed by atoms with Crippen LogP contribution in [0.5, 0.6) is 0 Å². The lowest BCUT2D eigenvalue weighted by molar-refractivity contribution is -0.138. The molecule has 17 heavy (non-hydrogen) atoms. The Morgan fingerprint density at radius 1 is 1.59 bits per heavy atom. The molecule has 96 valence electrons. The minimum atomic E-state index is -0.756. The SMILES string of the molecule is CCN(C(C)CC(=O)O)C(C)c1ccnn1C. The van der Waals surface area contributed by atoms with Crippen molar-refractivity contribution in [2.75, 3.05) is 6.54 Å². The molecule has 0 aliphatic rings. The van der Waals surface area contributed by atoms with Crippen LogP contribution in [0.2, 0.25) is 0 Å². The maximum absolute atomic E-state index is 10.8. The summed E-state index contributed by atoms with van der Waals surface area (Å²) >= 11 is 0. The van der Waals surface area contributed by atoms with E-state index >= 15 is 0 Å². The van der Waals surface area contributed by atoms with Crippen molar-refractivity contribution in [2.24, 2.45) is 7.05 Å². The molecule has 0 radical (unpaired) electrons. The molecule has 0 fully saturated rings. The zero-order chi connectivity index (χ0) is 13.0. The number of carbonyl (C=O) groups is 1. The molecular weight excluding hydrogens is 218 g/mol. The zero-order valence-corrected chi connectivity index (χ0v) is 10.9. The summed E-state index contributed by atoms with van der Waals surface area (Å²) in [4.78, 5) is 12.9. The fourth-order valence-electron chi connectivity index (χ4n) is 2.30. The summed E-state index contributed by atoms with van der Waals surface area (Å²) < 4.78 is 1.83. The van der Waals surface area contributed by atoms with Crippen LogP contribution < -0.4 is 0 Å². The highest BCUT2D eigenvalue weighted by Gasteiger charge is 2.23. The standard InChI is InChI=1S/C12H21N3O2/c1-5-15(9(2)8-12(16)17)10(3)11-6-7-13-14(11)4/h6-7,9-10H,5,8H2,1-4H3,(H,16,17). The van der Waals surface area contributed by atoms with Crippen molar-refractivity contribution in [3.63, 3.8) is 0 Å². The van der Waals surface area contributed by atoms with Crippen LogP contribution in [0.1, 0.15) is 38.9 Å². The van der Waals surface area contributed by atoms with Crippen LogP contribution in [0.15, 0.2) is 12.3 Å². The molecule has 0 spiro atoms. The average molecular weight is 239 g/mol. The predicted molar refractivity (Wildman–Crippen MR) is 65.7 cm³/mol. The van der Waals surface area contributed by atoms with Gasteiger partial charge in [0.05, 0.1) is 12.1 Å². The number of carboxylic acids is 1. The van der Waals surface area contributed by atoms with Crippen LogP contribution in [0.25, 0.3) is 0 Å². The van der Waals surface area contributed by atoms with Gasteiger partial charge in [-0.3, -0.25) is 14.4 Å². The fourth-order valence-corrected chi connectivity index (χ4v) is 2.30. The quantitative estimate of drug-likeness (QED) is 0.820. The highest BCUT2D eigenvalue weighted by molar-refractivity contribution is 5.67. The van der Waals surface area contributed by atoms with E-state index in [1.807, 2.05) is 31.6 Å². The molecule has 0 saturated heterocycles. The minimum Gasteiger partial charge on any atom is -0.481 e. The lowest BCUT2D eigenvalue weighted by Crippen LogP contribution is -2.37. The third-order valence-electron chi connectivity index (χ3n) is 3.19. The summed E-state index contributed by atoms with van der Waals surface area (Å²) in [6.45, 7) is 6.90. The molecular formula is C12H21N3O2. The Bertz CT molecular complexity index is 376. The number of carboxylic acid groups (broad SMARTS) is 1. The Labute approximate surface area is 102 Å². The summed E-state index contributed by atoms with van der Waals surface area (Å²) in [6, 6.07) is 2.16. The van der Waals surface area contributed by atoms with E-state index in [1.54, 1.807) is 6.20 Å². The van der Waals surface area contributed by atoms with Gasteiger partial charge < -0.3 is 5.11 Å². The lowest BCUT2D eigenvalue weighted by Gasteiger charge is -2.32. The van der Waals surface area contributed by atoms with Crippen LogP contribution in [0, 0.1) is 0 Å². The molecule has 1 N–H and O–H groups in total. The first kappa shape index (κ1) is 13.7. The molecule has 1 rings (SSSR count). The highest BCUT2D eigenvalue weighted by atomic mass is 16.4. The van der Waals surface area contributed by atoms with Gasteiger partial charge in [0.25, 0.3) is 0 Å². The van der Waals surface area contributed by atoms with Crippen molar-refractivity contribution in [3.05, 3.63) is 18.0 Å². The number of rotatable bonds is 6. The molecule has 0 aliphatic heterocycles. The molecule has 5 heteroatoms. The molecule has 1 heterocycles. The summed E-state index contributed by atoms with van der Waals surface area (Å²) in [6.07, 6.45) is 1.93. The summed E-state index contributed by atoms with van der Waals surface area (Å²) in [5.41, 5.74) is 1.10. The van der Waals surface area contributed by atoms with E-state index in [0.29, 0.717) is 0 Å². The van der Waals surface area contributed by atoms with Crippen molar-refractivity contribution >= 4 is 5.97 Å². The molecule has 0 saturated carbocycles. The summed E-state index contributed by atoms with van der Waals surface area (Å²) in [7, 11) is 1.90. The largest absolute Gasteiger partial charge is 0.481 e. The second-order valence-corrected chi connectivity index (χ2v) is 4.33. The van der Waals surface area contributed by atoms with Gasteiger partial charge in [0.2, 0.25) is 0 Å². The number of hydrogen-bond donors (Lipinski definition) is 1. The van der Waals surface area contributed by atoms with Crippen LogP contribution in [-0.4, -0.2) is 38.3 Å². The fraction of sp³-hybridized carbons (Fsp3) is 0.667. The van der Waals surface area contributed by atoms with Gasteiger partial charge in [0, 0.05) is 25.3 Å². The van der Waals surface area contributed by atoms with E-state index in [2.05, 4.69) is 16.9 Å². The van der Waals surface area contributed by atoms with E-state index in [1.165, 1.54) is 0 Å². The van der Waals surface area contributed by atoms with Crippen molar-refractivity contribution in [3.8, 4) is 0 Å². The Hall–Kier alpha value is -1.36. The van der Waals surface area contributed by atoms with Crippen molar-refractivity contribution in [1.29, 1.82) is 0 Å². The first-order valence-corrected chi connectivity index (χ1v) is 5.92. The van der Waals surface area contributed by atoms with E-state index in [0.717, 1.165) is 12.2 Å². The normalized spacial score (nSPS) is 14.9. The highest BCUT2D eigenvalue weighted by Crippen LogP contribution is 2.22. The molecule has 2 atom stereocenters. The number of hydrogen-bond acceptors (Lipinski definition) is 3. The van der Waals surface area contributed by atoms with Crippen LogP contribution in [0.3, 0.4) is 0 Å². The third kappa shape index (κ3) is 3.30. The van der Waals surface area contributed by atoms with E-state index in [9.17, 15) is 4.79 Å². The first-order chi connectivity index (χ1) is 7.97. The Morgan fingerprint density at radius 2 is 2.24 bits per heavy atom. The number of aromatic nitrogens is 2. The maximum atomic E-state index is 10.8. The topological polar surface area (TPSA) is 58.4 Å². The Kier molecular flexibility index (Phi) is 4.69. The second-order valence-electron chi connectivity index (χ2n) is 4.33. The molecule has 0 aromatic carbocycles. The molecule has 1 aromatic heterocycles. The van der Waals surface area contributed by atoms with Crippen LogP contribution in [0.4, 0.5) is 0 Å². The Balaban J connectivity index is 2.80. The lowest BCUT2D eigenvalue weighted by atomic mass is 10.1.